The van der Waals surface area contributed by atoms with Gasteiger partial charge in [0.2, 0.25) is 0 Å². The summed E-state index contributed by atoms with van der Waals surface area (Å²) >= 11 is 1.29. The Morgan fingerprint density at radius 1 is 1.79 bits per heavy atom. The molecule has 1 rings (SSSR count). The largest absolute Gasteiger partial charge is 0.387 e. The number of anilines is 1. The Bertz CT molecular complexity index is 311. The minimum atomic E-state index is -0.601. The molecule has 6 heteroatoms. The lowest BCUT2D eigenvalue weighted by Crippen LogP contribution is -2.28. The van der Waals surface area contributed by atoms with Gasteiger partial charge in [-0.3, -0.25) is 5.32 Å². The van der Waals surface area contributed by atoms with Crippen molar-refractivity contribution in [3.05, 3.63) is 11.1 Å². The zero-order valence-corrected chi connectivity index (χ0v) is 8.89. The number of urea groups is 1. The zero-order chi connectivity index (χ0) is 10.6. The highest BCUT2D eigenvalue weighted by molar-refractivity contribution is 7.13. The number of carbonyl (C=O) groups excluding carboxylic acids is 1. The van der Waals surface area contributed by atoms with Crippen LogP contribution in [-0.2, 0) is 0 Å². The van der Waals surface area contributed by atoms with Gasteiger partial charge in [0.1, 0.15) is 0 Å². The molecule has 0 aliphatic rings. The van der Waals surface area contributed by atoms with Crippen LogP contribution in [0.1, 0.15) is 25.6 Å². The number of nitrogens with zero attached hydrogens (tertiary/aromatic N) is 1. The molecule has 0 saturated heterocycles. The monoisotopic (exact) mass is 215 g/mol. The lowest BCUT2D eigenvalue weighted by Gasteiger charge is -2.01. The fourth-order valence-electron chi connectivity index (χ4n) is 0.837. The van der Waals surface area contributed by atoms with Crippen LogP contribution in [0.4, 0.5) is 9.93 Å². The van der Waals surface area contributed by atoms with Crippen LogP contribution in [0.15, 0.2) is 5.38 Å². The van der Waals surface area contributed by atoms with Crippen LogP contribution in [0.5, 0.6) is 0 Å². The molecule has 0 aliphatic carbocycles. The summed E-state index contributed by atoms with van der Waals surface area (Å²) in [5, 5.41) is 16.5. The Balaban J connectivity index is 2.55. The number of aliphatic hydroxyl groups excluding tert-OH is 1. The van der Waals surface area contributed by atoms with Gasteiger partial charge in [0.25, 0.3) is 0 Å². The number of amides is 2. The van der Waals surface area contributed by atoms with E-state index in [1.807, 2.05) is 6.92 Å². The van der Waals surface area contributed by atoms with Gasteiger partial charge in [-0.05, 0) is 13.8 Å². The molecule has 0 fully saturated rings. The third-order valence-corrected chi connectivity index (χ3v) is 2.28. The third-order valence-electron chi connectivity index (χ3n) is 1.51. The first-order valence-corrected chi connectivity index (χ1v) is 5.19. The second kappa shape index (κ2) is 4.92. The predicted octanol–water partition coefficient (Wildman–Crippen LogP) is 1.34. The van der Waals surface area contributed by atoms with Gasteiger partial charge in [0.05, 0.1) is 11.8 Å². The Hall–Kier alpha value is -1.14. The lowest BCUT2D eigenvalue weighted by atomic mass is 10.3. The van der Waals surface area contributed by atoms with Gasteiger partial charge in [-0.15, -0.1) is 11.3 Å². The number of aromatic nitrogens is 1. The summed E-state index contributed by atoms with van der Waals surface area (Å²) in [5.74, 6) is 0. The van der Waals surface area contributed by atoms with Crippen molar-refractivity contribution in [2.75, 3.05) is 11.9 Å². The van der Waals surface area contributed by atoms with Crippen molar-refractivity contribution in [3.63, 3.8) is 0 Å². The minimum absolute atomic E-state index is 0.279. The van der Waals surface area contributed by atoms with Crippen LogP contribution in [0.25, 0.3) is 0 Å². The maximum atomic E-state index is 11.1. The molecular formula is C8H13N3O2S. The third kappa shape index (κ3) is 2.97. The van der Waals surface area contributed by atoms with E-state index in [2.05, 4.69) is 15.6 Å². The molecule has 3 N–H and O–H groups in total. The second-order valence-corrected chi connectivity index (χ2v) is 3.60. The number of nitrogens with one attached hydrogen (secondary N) is 2. The summed E-state index contributed by atoms with van der Waals surface area (Å²) in [6.45, 7) is 4.04. The summed E-state index contributed by atoms with van der Waals surface area (Å²) in [6.07, 6.45) is -0.601. The molecule has 0 spiro atoms. The first-order chi connectivity index (χ1) is 6.63. The molecule has 2 amide bonds. The molecule has 1 atom stereocenters. The van der Waals surface area contributed by atoms with Crippen molar-refractivity contribution in [2.24, 2.45) is 0 Å². The Labute approximate surface area is 86.2 Å². The van der Waals surface area contributed by atoms with E-state index in [0.717, 1.165) is 0 Å². The first-order valence-electron chi connectivity index (χ1n) is 4.31. The molecule has 0 saturated carbocycles. The van der Waals surface area contributed by atoms with Crippen LogP contribution in [0.2, 0.25) is 0 Å². The molecule has 1 aromatic rings. The van der Waals surface area contributed by atoms with E-state index >= 15 is 0 Å². The fraction of sp³-hybridized carbons (Fsp3) is 0.500. The normalized spacial score (nSPS) is 12.2. The van der Waals surface area contributed by atoms with Crippen molar-refractivity contribution in [3.8, 4) is 0 Å². The van der Waals surface area contributed by atoms with E-state index in [1.54, 1.807) is 12.3 Å². The Morgan fingerprint density at radius 2 is 2.50 bits per heavy atom. The molecule has 0 aliphatic heterocycles. The number of aliphatic hydroxyl groups is 1. The topological polar surface area (TPSA) is 74.2 Å². The van der Waals surface area contributed by atoms with E-state index in [-0.39, 0.29) is 6.03 Å². The molecule has 5 nitrogen and oxygen atoms in total. The van der Waals surface area contributed by atoms with Gasteiger partial charge < -0.3 is 10.4 Å². The van der Waals surface area contributed by atoms with Gasteiger partial charge in [-0.25, -0.2) is 9.78 Å². The molecular weight excluding hydrogens is 202 g/mol. The Morgan fingerprint density at radius 3 is 3.00 bits per heavy atom. The maximum Gasteiger partial charge on any atom is 0.321 e. The SMILES string of the molecule is CCNC(=O)Nc1nc(C(C)O)cs1. The summed E-state index contributed by atoms with van der Waals surface area (Å²) in [4.78, 5) is 15.1. The standard InChI is InChI=1S/C8H13N3O2S/c1-3-9-7(13)11-8-10-6(4-14-8)5(2)12/h4-5,12H,3H2,1-2H3,(H2,9,10,11,13). The van der Waals surface area contributed by atoms with E-state index in [0.29, 0.717) is 17.4 Å². The van der Waals surface area contributed by atoms with Crippen molar-refractivity contribution in [2.45, 2.75) is 20.0 Å². The molecule has 0 aromatic carbocycles. The van der Waals surface area contributed by atoms with E-state index in [9.17, 15) is 9.90 Å². The zero-order valence-electron chi connectivity index (χ0n) is 8.07. The molecule has 78 valence electrons. The lowest BCUT2D eigenvalue weighted by molar-refractivity contribution is 0.195. The van der Waals surface area contributed by atoms with Crippen LogP contribution in [0, 0.1) is 0 Å². The van der Waals surface area contributed by atoms with Crippen molar-refractivity contribution in [1.82, 2.24) is 10.3 Å². The highest BCUT2D eigenvalue weighted by atomic mass is 32.1. The molecule has 1 heterocycles. The number of carbonyl (C=O) groups is 1. The van der Waals surface area contributed by atoms with Crippen LogP contribution in [0.3, 0.4) is 0 Å². The molecule has 1 aromatic heterocycles. The molecule has 0 bridgehead atoms. The van der Waals surface area contributed by atoms with Crippen molar-refractivity contribution < 1.29 is 9.90 Å². The van der Waals surface area contributed by atoms with Gasteiger partial charge in [0, 0.05) is 11.9 Å². The summed E-state index contributed by atoms with van der Waals surface area (Å²) in [7, 11) is 0. The quantitative estimate of drug-likeness (QED) is 0.712. The minimum Gasteiger partial charge on any atom is -0.387 e. The second-order valence-electron chi connectivity index (χ2n) is 2.74. The van der Waals surface area contributed by atoms with Crippen LogP contribution < -0.4 is 10.6 Å². The first kappa shape index (κ1) is 10.9. The van der Waals surface area contributed by atoms with Gasteiger partial charge in [-0.1, -0.05) is 0 Å². The fourth-order valence-corrected chi connectivity index (χ4v) is 1.63. The van der Waals surface area contributed by atoms with E-state index < -0.39 is 6.10 Å². The van der Waals surface area contributed by atoms with Crippen LogP contribution >= 0.6 is 11.3 Å². The average molecular weight is 215 g/mol. The maximum absolute atomic E-state index is 11.1. The predicted molar refractivity (Wildman–Crippen MR) is 55.4 cm³/mol. The summed E-state index contributed by atoms with van der Waals surface area (Å²) in [6, 6.07) is -0.279. The van der Waals surface area contributed by atoms with Gasteiger partial charge >= 0.3 is 6.03 Å². The number of thiazole rings is 1. The summed E-state index contributed by atoms with van der Waals surface area (Å²) < 4.78 is 0. The molecule has 1 unspecified atom stereocenters. The Kier molecular flexibility index (Phi) is 3.84. The van der Waals surface area contributed by atoms with Crippen molar-refractivity contribution >= 4 is 22.5 Å². The van der Waals surface area contributed by atoms with Crippen molar-refractivity contribution in [1.29, 1.82) is 0 Å². The summed E-state index contributed by atoms with van der Waals surface area (Å²) in [5.41, 5.74) is 0.571. The number of rotatable bonds is 3. The number of hydrogen-bond donors (Lipinski definition) is 3. The van der Waals surface area contributed by atoms with Gasteiger partial charge in [0.15, 0.2) is 5.13 Å². The molecule has 0 radical (unpaired) electrons. The van der Waals surface area contributed by atoms with Gasteiger partial charge in [-0.2, -0.15) is 0 Å². The molecule has 14 heavy (non-hydrogen) atoms. The van der Waals surface area contributed by atoms with E-state index in [4.69, 9.17) is 0 Å². The highest BCUT2D eigenvalue weighted by Gasteiger charge is 2.08. The average Bonchev–Trinajstić information content (AvgIpc) is 2.53. The highest BCUT2D eigenvalue weighted by Crippen LogP contribution is 2.19. The van der Waals surface area contributed by atoms with Crippen LogP contribution in [-0.4, -0.2) is 22.7 Å². The van der Waals surface area contributed by atoms with E-state index in [1.165, 1.54) is 11.3 Å². The smallest absolute Gasteiger partial charge is 0.321 e. The number of hydrogen-bond acceptors (Lipinski definition) is 4.